The molecule has 0 saturated carbocycles. The molecule has 2 radical (unpaired) electrons. The van der Waals surface area contributed by atoms with Crippen LogP contribution < -0.4 is 5.32 Å². The van der Waals surface area contributed by atoms with Crippen LogP contribution in [0.1, 0.15) is 19.3 Å². The minimum Gasteiger partial charge on any atom is -0.421 e. The average molecular weight is 275 g/mol. The van der Waals surface area contributed by atoms with Gasteiger partial charge in [0.05, 0.1) is 6.61 Å². The van der Waals surface area contributed by atoms with E-state index in [0.717, 1.165) is 18.9 Å². The number of unbranched alkanes of at least 4 members (excludes halogenated alkanes) is 1. The van der Waals surface area contributed by atoms with Gasteiger partial charge in [0, 0.05) is 20.1 Å². The molecular weight excluding hydrogens is 254 g/mol. The van der Waals surface area contributed by atoms with Crippen molar-refractivity contribution in [1.29, 1.82) is 0 Å². The third kappa shape index (κ3) is 6.46. The molecule has 1 heterocycles. The van der Waals surface area contributed by atoms with Gasteiger partial charge in [-0.3, -0.25) is 4.79 Å². The first kappa shape index (κ1) is 15.6. The third-order valence-corrected chi connectivity index (χ3v) is 3.46. The van der Waals surface area contributed by atoms with Gasteiger partial charge >= 0.3 is 0 Å². The molecule has 2 N–H and O–H groups in total. The summed E-state index contributed by atoms with van der Waals surface area (Å²) in [6, 6.07) is 1.04. The summed E-state index contributed by atoms with van der Waals surface area (Å²) in [6.45, 7) is 1.11. The molecule has 7 heteroatoms. The van der Waals surface area contributed by atoms with Crippen molar-refractivity contribution < 1.29 is 23.8 Å². The van der Waals surface area contributed by atoms with Crippen LogP contribution in [-0.4, -0.2) is 60.0 Å². The Hall–Kier alpha value is -0.473. The highest BCUT2D eigenvalue weighted by Gasteiger charge is 2.27. The maximum Gasteiger partial charge on any atom is 0.246 e. The number of amides is 1. The molecule has 2 unspecified atom stereocenters. The third-order valence-electron chi connectivity index (χ3n) is 2.61. The zero-order chi connectivity index (χ0) is 13.2. The maximum absolute atomic E-state index is 11.4. The number of nitrogens with one attached hydrogen (secondary N) is 1. The average Bonchev–Trinajstić information content (AvgIpc) is 2.77. The van der Waals surface area contributed by atoms with E-state index in [1.807, 2.05) is 0 Å². The van der Waals surface area contributed by atoms with Crippen molar-refractivity contribution in [3.8, 4) is 0 Å². The van der Waals surface area contributed by atoms with E-state index in [-0.39, 0.29) is 18.6 Å². The first-order valence-electron chi connectivity index (χ1n) is 6.18. The van der Waals surface area contributed by atoms with E-state index in [1.165, 1.54) is 0 Å². The molecule has 2 atom stereocenters. The van der Waals surface area contributed by atoms with Crippen molar-refractivity contribution in [2.45, 2.75) is 37.7 Å². The molecule has 6 nitrogen and oxygen atoms in total. The second-order valence-electron chi connectivity index (χ2n) is 4.06. The Balaban J connectivity index is 1.94. The van der Waals surface area contributed by atoms with Gasteiger partial charge in [0.2, 0.25) is 15.7 Å². The van der Waals surface area contributed by atoms with Gasteiger partial charge in [-0.15, -0.1) is 0 Å². The van der Waals surface area contributed by atoms with Crippen LogP contribution in [0.2, 0.25) is 6.04 Å². The van der Waals surface area contributed by atoms with E-state index in [0.29, 0.717) is 29.3 Å². The van der Waals surface area contributed by atoms with Crippen LogP contribution in [0.25, 0.3) is 0 Å². The van der Waals surface area contributed by atoms with Crippen LogP contribution in [0.15, 0.2) is 0 Å². The lowest BCUT2D eigenvalue weighted by Crippen LogP contribution is -2.33. The minimum atomic E-state index is -0.896. The molecule has 18 heavy (non-hydrogen) atoms. The Bertz CT molecular complexity index is 241. The summed E-state index contributed by atoms with van der Waals surface area (Å²) in [7, 11) is 2.24. The number of carbonyl (C=O) groups is 1. The summed E-state index contributed by atoms with van der Waals surface area (Å²) in [6.07, 6.45) is 1.35. The van der Waals surface area contributed by atoms with Gasteiger partial charge in [0.15, 0.2) is 6.29 Å². The molecule has 0 aromatic heterocycles. The van der Waals surface area contributed by atoms with Gasteiger partial charge < -0.3 is 24.3 Å². The van der Waals surface area contributed by atoms with Crippen LogP contribution >= 0.6 is 0 Å². The lowest BCUT2D eigenvalue weighted by atomic mass is 10.3. The minimum absolute atomic E-state index is 0.0229. The van der Waals surface area contributed by atoms with Crippen LogP contribution in [0.4, 0.5) is 0 Å². The predicted molar refractivity (Wildman–Crippen MR) is 66.1 cm³/mol. The Morgan fingerprint density at radius 1 is 1.56 bits per heavy atom. The Labute approximate surface area is 110 Å². The van der Waals surface area contributed by atoms with E-state index in [4.69, 9.17) is 13.9 Å². The quantitative estimate of drug-likeness (QED) is 0.446. The van der Waals surface area contributed by atoms with Crippen molar-refractivity contribution in [2.75, 3.05) is 26.9 Å². The van der Waals surface area contributed by atoms with Crippen molar-refractivity contribution in [1.82, 2.24) is 5.32 Å². The maximum atomic E-state index is 11.4. The van der Waals surface area contributed by atoms with E-state index < -0.39 is 6.29 Å². The number of hydrogen-bond donors (Lipinski definition) is 2. The Morgan fingerprint density at radius 3 is 3.06 bits per heavy atom. The van der Waals surface area contributed by atoms with E-state index in [1.54, 1.807) is 7.11 Å². The summed E-state index contributed by atoms with van der Waals surface area (Å²) in [4.78, 5) is 11.4. The number of hydrogen-bond acceptors (Lipinski definition) is 5. The fraction of sp³-hybridized carbons (Fsp3) is 0.909. The molecule has 1 fully saturated rings. The molecule has 1 aliphatic heterocycles. The van der Waals surface area contributed by atoms with E-state index >= 15 is 0 Å². The van der Waals surface area contributed by atoms with Crippen LogP contribution in [0.3, 0.4) is 0 Å². The highest BCUT2D eigenvalue weighted by atomic mass is 28.2. The SMILES string of the molecule is CO[Si]CCCCNC(=O)COC1CCOC1O. The van der Waals surface area contributed by atoms with Crippen molar-refractivity contribution in [3.05, 3.63) is 0 Å². The van der Waals surface area contributed by atoms with Gasteiger partial charge in [0.1, 0.15) is 12.7 Å². The highest BCUT2D eigenvalue weighted by molar-refractivity contribution is 6.26. The Kier molecular flexibility index (Phi) is 8.19. The molecule has 0 aliphatic carbocycles. The summed E-state index contributed by atoms with van der Waals surface area (Å²) >= 11 is 0. The van der Waals surface area contributed by atoms with E-state index in [9.17, 15) is 9.90 Å². The summed E-state index contributed by atoms with van der Waals surface area (Å²) in [5.74, 6) is -0.150. The normalized spacial score (nSPS) is 23.2. The number of aliphatic hydroxyl groups is 1. The van der Waals surface area contributed by atoms with Crippen LogP contribution in [0.5, 0.6) is 0 Å². The van der Waals surface area contributed by atoms with Gasteiger partial charge in [0.25, 0.3) is 0 Å². The lowest BCUT2D eigenvalue weighted by molar-refractivity contribution is -0.143. The second kappa shape index (κ2) is 9.46. The molecule has 104 valence electrons. The second-order valence-corrected chi connectivity index (χ2v) is 5.25. The van der Waals surface area contributed by atoms with Gasteiger partial charge in [-0.1, -0.05) is 6.42 Å². The van der Waals surface area contributed by atoms with Crippen molar-refractivity contribution in [3.63, 3.8) is 0 Å². The summed E-state index contributed by atoms with van der Waals surface area (Å²) in [5.41, 5.74) is 0. The molecule has 1 rings (SSSR count). The molecule has 0 aromatic rings. The number of rotatable bonds is 9. The standard InChI is InChI=1S/C11H21NO5Si/c1-15-18-7-3-2-5-12-10(13)8-17-9-4-6-16-11(9)14/h9,11,14H,2-8H2,1H3,(H,12,13). The fourth-order valence-electron chi connectivity index (χ4n) is 1.61. The van der Waals surface area contributed by atoms with Gasteiger partial charge in [-0.2, -0.15) is 0 Å². The van der Waals surface area contributed by atoms with Crippen molar-refractivity contribution >= 4 is 15.7 Å². The first-order chi connectivity index (χ1) is 8.74. The lowest BCUT2D eigenvalue weighted by Gasteiger charge is -2.13. The zero-order valence-corrected chi connectivity index (χ0v) is 11.7. The van der Waals surface area contributed by atoms with Crippen LogP contribution in [0, 0.1) is 0 Å². The highest BCUT2D eigenvalue weighted by Crippen LogP contribution is 2.14. The molecule has 1 aliphatic rings. The van der Waals surface area contributed by atoms with Gasteiger partial charge in [-0.05, 0) is 12.5 Å². The monoisotopic (exact) mass is 275 g/mol. The Morgan fingerprint density at radius 2 is 2.39 bits per heavy atom. The smallest absolute Gasteiger partial charge is 0.246 e. The first-order valence-corrected chi connectivity index (χ1v) is 7.29. The summed E-state index contributed by atoms with van der Waals surface area (Å²) in [5, 5.41) is 12.1. The van der Waals surface area contributed by atoms with E-state index in [2.05, 4.69) is 5.32 Å². The molecule has 0 bridgehead atoms. The number of aliphatic hydroxyl groups excluding tert-OH is 1. The molecule has 1 amide bonds. The number of carbonyl (C=O) groups excluding carboxylic acids is 1. The fourth-order valence-corrected chi connectivity index (χ4v) is 2.20. The zero-order valence-electron chi connectivity index (χ0n) is 10.7. The van der Waals surface area contributed by atoms with Gasteiger partial charge in [-0.25, -0.2) is 0 Å². The molecule has 1 saturated heterocycles. The largest absolute Gasteiger partial charge is 0.421 e. The molecule has 0 aromatic carbocycles. The predicted octanol–water partition coefficient (Wildman–Crippen LogP) is -0.309. The summed E-state index contributed by atoms with van der Waals surface area (Å²) < 4.78 is 15.1. The van der Waals surface area contributed by atoms with Crippen molar-refractivity contribution in [2.24, 2.45) is 0 Å². The molecule has 0 spiro atoms. The molecular formula is C11H21NO5Si. The number of ether oxygens (including phenoxy) is 2. The van der Waals surface area contributed by atoms with Crippen LogP contribution in [-0.2, 0) is 18.7 Å². The topological polar surface area (TPSA) is 77.0 Å².